The average molecular weight is 451 g/mol. The number of sulfonamides is 1. The molecule has 3 rings (SSSR count). The molecule has 0 radical (unpaired) electrons. The molecule has 1 heterocycles. The molecule has 1 saturated heterocycles. The van der Waals surface area contributed by atoms with Crippen molar-refractivity contribution in [3.63, 3.8) is 0 Å². The van der Waals surface area contributed by atoms with Crippen molar-refractivity contribution in [1.82, 2.24) is 9.62 Å². The topological polar surface area (TPSA) is 92.8 Å². The Morgan fingerprint density at radius 1 is 1.07 bits per heavy atom. The van der Waals surface area contributed by atoms with Crippen LogP contribution in [0.5, 0.6) is 0 Å². The smallest absolute Gasteiger partial charge is 0.338 e. The van der Waals surface area contributed by atoms with Gasteiger partial charge in [0, 0.05) is 19.6 Å². The van der Waals surface area contributed by atoms with Gasteiger partial charge in [0.1, 0.15) is 4.90 Å². The van der Waals surface area contributed by atoms with Crippen LogP contribution in [-0.2, 0) is 26.0 Å². The maximum atomic E-state index is 12.8. The van der Waals surface area contributed by atoms with E-state index in [0.29, 0.717) is 26.1 Å². The van der Waals surface area contributed by atoms with Gasteiger partial charge in [-0.1, -0.05) is 41.9 Å². The third-order valence-electron chi connectivity index (χ3n) is 4.76. The van der Waals surface area contributed by atoms with Crippen molar-refractivity contribution in [2.45, 2.75) is 24.2 Å². The number of amides is 1. The van der Waals surface area contributed by atoms with Crippen molar-refractivity contribution >= 4 is 33.5 Å². The van der Waals surface area contributed by atoms with Crippen molar-refractivity contribution in [2.24, 2.45) is 0 Å². The van der Waals surface area contributed by atoms with Crippen LogP contribution in [0.2, 0.25) is 5.02 Å². The van der Waals surface area contributed by atoms with E-state index in [2.05, 4.69) is 5.32 Å². The van der Waals surface area contributed by atoms with Gasteiger partial charge in [-0.15, -0.1) is 0 Å². The molecule has 1 N–H and O–H groups in total. The van der Waals surface area contributed by atoms with Crippen LogP contribution in [0.3, 0.4) is 0 Å². The molecule has 2 aromatic rings. The molecular formula is C21H23ClN2O5S. The Hall–Kier alpha value is -2.42. The first-order chi connectivity index (χ1) is 14.4. The highest BCUT2D eigenvalue weighted by Crippen LogP contribution is 2.28. The number of hydrogen-bond acceptors (Lipinski definition) is 5. The normalized spacial score (nSPS) is 14.4. The minimum Gasteiger partial charge on any atom is -0.452 e. The van der Waals surface area contributed by atoms with Gasteiger partial charge < -0.3 is 10.1 Å². The lowest BCUT2D eigenvalue weighted by Crippen LogP contribution is -2.30. The van der Waals surface area contributed by atoms with E-state index in [4.69, 9.17) is 16.3 Å². The Balaban J connectivity index is 1.55. The summed E-state index contributed by atoms with van der Waals surface area (Å²) in [5, 5.41) is 2.72. The second-order valence-corrected chi connectivity index (χ2v) is 9.23. The van der Waals surface area contributed by atoms with Gasteiger partial charge in [0.2, 0.25) is 10.0 Å². The average Bonchev–Trinajstić information content (AvgIpc) is 3.29. The zero-order chi connectivity index (χ0) is 21.6. The summed E-state index contributed by atoms with van der Waals surface area (Å²) in [6, 6.07) is 13.6. The first kappa shape index (κ1) is 22.3. The van der Waals surface area contributed by atoms with E-state index in [1.54, 1.807) is 0 Å². The standard InChI is InChI=1S/C21H23ClN2O5S/c22-18-9-8-17(14-19(18)30(27,28)24-12-4-5-13-24)21(26)29-15-20(25)23-11-10-16-6-2-1-3-7-16/h1-3,6-9,14H,4-5,10-13,15H2,(H,23,25). The molecule has 1 aliphatic heterocycles. The molecule has 0 atom stereocenters. The maximum absolute atomic E-state index is 12.8. The third kappa shape index (κ3) is 5.59. The molecule has 0 saturated carbocycles. The Bertz CT molecular complexity index is 1010. The van der Waals surface area contributed by atoms with Crippen LogP contribution in [0.4, 0.5) is 0 Å². The number of benzene rings is 2. The van der Waals surface area contributed by atoms with Crippen LogP contribution >= 0.6 is 11.6 Å². The highest BCUT2D eigenvalue weighted by molar-refractivity contribution is 7.89. The van der Waals surface area contributed by atoms with E-state index in [0.717, 1.165) is 18.4 Å². The summed E-state index contributed by atoms with van der Waals surface area (Å²) in [6.45, 7) is 0.816. The molecule has 1 aliphatic rings. The molecule has 1 amide bonds. The van der Waals surface area contributed by atoms with E-state index >= 15 is 0 Å². The fraction of sp³-hybridized carbons (Fsp3) is 0.333. The Morgan fingerprint density at radius 3 is 2.47 bits per heavy atom. The number of nitrogens with zero attached hydrogens (tertiary/aromatic N) is 1. The number of hydrogen-bond donors (Lipinski definition) is 1. The lowest BCUT2D eigenvalue weighted by Gasteiger charge is -2.17. The lowest BCUT2D eigenvalue weighted by molar-refractivity contribution is -0.124. The number of carbonyl (C=O) groups excluding carboxylic acids is 2. The fourth-order valence-electron chi connectivity index (χ4n) is 3.15. The van der Waals surface area contributed by atoms with Gasteiger partial charge in [-0.25, -0.2) is 13.2 Å². The quantitative estimate of drug-likeness (QED) is 0.624. The van der Waals surface area contributed by atoms with Crippen molar-refractivity contribution in [2.75, 3.05) is 26.2 Å². The van der Waals surface area contributed by atoms with Crippen LogP contribution in [0.15, 0.2) is 53.4 Å². The number of ether oxygens (including phenoxy) is 1. The molecule has 0 aromatic heterocycles. The van der Waals surface area contributed by atoms with Gasteiger partial charge in [-0.05, 0) is 43.0 Å². The number of halogens is 1. The van der Waals surface area contributed by atoms with Crippen LogP contribution in [-0.4, -0.2) is 50.8 Å². The Kier molecular flexibility index (Phi) is 7.47. The van der Waals surface area contributed by atoms with E-state index in [9.17, 15) is 18.0 Å². The summed E-state index contributed by atoms with van der Waals surface area (Å²) in [6.07, 6.45) is 2.24. The zero-order valence-electron chi connectivity index (χ0n) is 16.3. The van der Waals surface area contributed by atoms with Gasteiger partial charge in [0.25, 0.3) is 5.91 Å². The largest absolute Gasteiger partial charge is 0.452 e. The molecule has 160 valence electrons. The predicted octanol–water partition coefficient (Wildman–Crippen LogP) is 2.64. The van der Waals surface area contributed by atoms with Crippen LogP contribution in [0, 0.1) is 0 Å². The molecule has 0 bridgehead atoms. The summed E-state index contributed by atoms with van der Waals surface area (Å²) in [4.78, 5) is 24.1. The highest BCUT2D eigenvalue weighted by atomic mass is 35.5. The minimum atomic E-state index is -3.78. The molecule has 1 fully saturated rings. The van der Waals surface area contributed by atoms with Gasteiger partial charge in [-0.2, -0.15) is 4.31 Å². The SMILES string of the molecule is O=C(COC(=O)c1ccc(Cl)c(S(=O)(=O)N2CCCC2)c1)NCCc1ccccc1. The molecule has 0 unspecified atom stereocenters. The van der Waals surface area contributed by atoms with Crippen molar-refractivity contribution in [3.8, 4) is 0 Å². The first-order valence-corrected chi connectivity index (χ1v) is 11.5. The van der Waals surface area contributed by atoms with E-state index < -0.39 is 28.5 Å². The maximum Gasteiger partial charge on any atom is 0.338 e. The molecule has 9 heteroatoms. The Morgan fingerprint density at radius 2 is 1.77 bits per heavy atom. The second-order valence-electron chi connectivity index (χ2n) is 6.92. The third-order valence-corrected chi connectivity index (χ3v) is 7.14. The highest BCUT2D eigenvalue weighted by Gasteiger charge is 2.30. The minimum absolute atomic E-state index is 0.0225. The van der Waals surface area contributed by atoms with Gasteiger partial charge >= 0.3 is 5.97 Å². The van der Waals surface area contributed by atoms with Crippen molar-refractivity contribution < 1.29 is 22.7 Å². The zero-order valence-corrected chi connectivity index (χ0v) is 17.9. The van der Waals surface area contributed by atoms with Crippen LogP contribution in [0.1, 0.15) is 28.8 Å². The Labute approximate surface area is 181 Å². The van der Waals surface area contributed by atoms with Crippen molar-refractivity contribution in [1.29, 1.82) is 0 Å². The van der Waals surface area contributed by atoms with Gasteiger partial charge in [0.15, 0.2) is 6.61 Å². The van der Waals surface area contributed by atoms with Crippen LogP contribution in [0.25, 0.3) is 0 Å². The molecular weight excluding hydrogens is 428 g/mol. The molecule has 30 heavy (non-hydrogen) atoms. The van der Waals surface area contributed by atoms with Crippen LogP contribution < -0.4 is 5.32 Å². The van der Waals surface area contributed by atoms with Gasteiger partial charge in [-0.3, -0.25) is 4.79 Å². The van der Waals surface area contributed by atoms with E-state index in [-0.39, 0.29) is 15.5 Å². The summed E-state index contributed by atoms with van der Waals surface area (Å²) >= 11 is 6.08. The van der Waals surface area contributed by atoms with E-state index in [1.807, 2.05) is 30.3 Å². The molecule has 0 spiro atoms. The number of nitrogens with one attached hydrogen (secondary N) is 1. The summed E-state index contributed by atoms with van der Waals surface area (Å²) in [5.74, 6) is -1.22. The molecule has 2 aromatic carbocycles. The molecule has 7 nitrogen and oxygen atoms in total. The summed E-state index contributed by atoms with van der Waals surface area (Å²) in [5.41, 5.74) is 1.11. The summed E-state index contributed by atoms with van der Waals surface area (Å²) in [7, 11) is -3.78. The monoisotopic (exact) mass is 450 g/mol. The fourth-order valence-corrected chi connectivity index (χ4v) is 5.17. The number of esters is 1. The predicted molar refractivity (Wildman–Crippen MR) is 113 cm³/mol. The molecule has 0 aliphatic carbocycles. The lowest BCUT2D eigenvalue weighted by atomic mass is 10.1. The first-order valence-electron chi connectivity index (χ1n) is 9.65. The van der Waals surface area contributed by atoms with E-state index in [1.165, 1.54) is 22.5 Å². The second kappa shape index (κ2) is 10.1. The summed E-state index contributed by atoms with van der Waals surface area (Å²) < 4.78 is 31.9. The number of carbonyl (C=O) groups is 2. The van der Waals surface area contributed by atoms with Crippen molar-refractivity contribution in [3.05, 3.63) is 64.7 Å². The van der Waals surface area contributed by atoms with Gasteiger partial charge in [0.05, 0.1) is 10.6 Å². The number of rotatable bonds is 8.